The predicted octanol–water partition coefficient (Wildman–Crippen LogP) is 2.80. The Labute approximate surface area is 126 Å². The Kier molecular flexibility index (Phi) is 4.70. The van der Waals surface area contributed by atoms with Crippen molar-refractivity contribution >= 4 is 23.5 Å². The van der Waals surface area contributed by atoms with E-state index in [-0.39, 0.29) is 29.8 Å². The summed E-state index contributed by atoms with van der Waals surface area (Å²) in [4.78, 5) is 47.3. The van der Waals surface area contributed by atoms with Crippen molar-refractivity contribution in [2.75, 3.05) is 0 Å². The van der Waals surface area contributed by atoms with E-state index < -0.39 is 28.8 Å². The molecular weight excluding hydrogens is 288 g/mol. The fourth-order valence-electron chi connectivity index (χ4n) is 2.71. The molecule has 0 heterocycles. The minimum atomic E-state index is -1.51. The van der Waals surface area contributed by atoms with E-state index in [4.69, 9.17) is 5.11 Å². The van der Waals surface area contributed by atoms with E-state index in [0.29, 0.717) is 12.8 Å². The summed E-state index contributed by atoms with van der Waals surface area (Å²) in [7, 11) is 0. The lowest BCUT2D eigenvalue weighted by molar-refractivity contribution is 0.0649. The fourth-order valence-corrected chi connectivity index (χ4v) is 2.71. The van der Waals surface area contributed by atoms with E-state index >= 15 is 0 Å². The third-order valence-electron chi connectivity index (χ3n) is 3.79. The van der Waals surface area contributed by atoms with Crippen LogP contribution in [0.3, 0.4) is 0 Å². The van der Waals surface area contributed by atoms with E-state index in [2.05, 4.69) is 0 Å². The normalized spacial score (nSPS) is 16.0. The molecule has 0 bridgehead atoms. The first-order valence-electron chi connectivity index (χ1n) is 7.13. The SMILES string of the molecule is O=C(O)c1ccc2c(c1C(=O)O)C(=O)CCCCCCC2=O. The van der Waals surface area contributed by atoms with Crippen LogP contribution in [-0.2, 0) is 0 Å². The molecule has 22 heavy (non-hydrogen) atoms. The highest BCUT2D eigenvalue weighted by Gasteiger charge is 2.29. The summed E-state index contributed by atoms with van der Waals surface area (Å²) in [6, 6.07) is 2.34. The molecule has 2 rings (SSSR count). The summed E-state index contributed by atoms with van der Waals surface area (Å²) in [5.41, 5.74) is -1.28. The van der Waals surface area contributed by atoms with Gasteiger partial charge in [-0.2, -0.15) is 0 Å². The van der Waals surface area contributed by atoms with Gasteiger partial charge >= 0.3 is 11.9 Å². The maximum absolute atomic E-state index is 12.4. The monoisotopic (exact) mass is 304 g/mol. The average Bonchev–Trinajstić information content (AvgIpc) is 2.47. The number of aromatic carboxylic acids is 2. The number of rotatable bonds is 2. The van der Waals surface area contributed by atoms with Crippen molar-refractivity contribution in [1.82, 2.24) is 0 Å². The summed E-state index contributed by atoms with van der Waals surface area (Å²) in [5.74, 6) is -3.74. The minimum Gasteiger partial charge on any atom is -0.478 e. The largest absolute Gasteiger partial charge is 0.478 e. The van der Waals surface area contributed by atoms with Gasteiger partial charge in [0.2, 0.25) is 0 Å². The summed E-state index contributed by atoms with van der Waals surface area (Å²) in [6.45, 7) is 0. The second-order valence-corrected chi connectivity index (χ2v) is 5.28. The van der Waals surface area contributed by atoms with Crippen LogP contribution < -0.4 is 0 Å². The van der Waals surface area contributed by atoms with Crippen molar-refractivity contribution in [1.29, 1.82) is 0 Å². The van der Waals surface area contributed by atoms with Crippen molar-refractivity contribution in [3.63, 3.8) is 0 Å². The zero-order chi connectivity index (χ0) is 16.3. The zero-order valence-corrected chi connectivity index (χ0v) is 11.9. The number of hydrogen-bond acceptors (Lipinski definition) is 4. The lowest BCUT2D eigenvalue weighted by Crippen LogP contribution is -2.20. The molecule has 6 heteroatoms. The Morgan fingerprint density at radius 1 is 0.818 bits per heavy atom. The third-order valence-corrected chi connectivity index (χ3v) is 3.79. The van der Waals surface area contributed by atoms with Gasteiger partial charge < -0.3 is 10.2 Å². The van der Waals surface area contributed by atoms with Gasteiger partial charge in [0.1, 0.15) is 0 Å². The summed E-state index contributed by atoms with van der Waals surface area (Å²) < 4.78 is 0. The van der Waals surface area contributed by atoms with Crippen LogP contribution in [0.15, 0.2) is 12.1 Å². The second-order valence-electron chi connectivity index (χ2n) is 5.28. The van der Waals surface area contributed by atoms with Gasteiger partial charge in [-0.1, -0.05) is 12.8 Å². The molecule has 0 radical (unpaired) electrons. The number of carboxylic acids is 2. The molecule has 0 unspecified atom stereocenters. The first-order valence-corrected chi connectivity index (χ1v) is 7.13. The molecule has 1 aliphatic rings. The highest BCUT2D eigenvalue weighted by molar-refractivity contribution is 6.17. The fraction of sp³-hybridized carbons (Fsp3) is 0.375. The van der Waals surface area contributed by atoms with E-state index in [1.54, 1.807) is 0 Å². The molecule has 116 valence electrons. The number of carbonyl (C=O) groups is 4. The standard InChI is InChI=1S/C16H16O6/c17-11-5-3-1-2-4-6-12(18)13-9(11)7-8-10(15(19)20)14(13)16(21)22/h7-8H,1-6H2,(H,19,20)(H,21,22). The molecule has 0 aliphatic heterocycles. The Hall–Kier alpha value is -2.50. The molecule has 0 spiro atoms. The van der Waals surface area contributed by atoms with Crippen LogP contribution in [0.25, 0.3) is 0 Å². The van der Waals surface area contributed by atoms with Gasteiger partial charge in [0, 0.05) is 24.0 Å². The van der Waals surface area contributed by atoms with Gasteiger partial charge in [-0.05, 0) is 25.0 Å². The maximum Gasteiger partial charge on any atom is 0.337 e. The first-order chi connectivity index (χ1) is 10.4. The predicted molar refractivity (Wildman–Crippen MR) is 76.7 cm³/mol. The topological polar surface area (TPSA) is 109 Å². The van der Waals surface area contributed by atoms with Crippen LogP contribution in [0.5, 0.6) is 0 Å². The van der Waals surface area contributed by atoms with E-state index in [0.717, 1.165) is 18.9 Å². The maximum atomic E-state index is 12.4. The first kappa shape index (κ1) is 15.9. The molecule has 6 nitrogen and oxygen atoms in total. The zero-order valence-electron chi connectivity index (χ0n) is 11.9. The van der Waals surface area contributed by atoms with Gasteiger partial charge in [-0.3, -0.25) is 9.59 Å². The Bertz CT molecular complexity index is 659. The van der Waals surface area contributed by atoms with Crippen LogP contribution in [0.1, 0.15) is 80.0 Å². The number of carboxylic acid groups (broad SMARTS) is 2. The molecule has 0 saturated heterocycles. The molecule has 2 N–H and O–H groups in total. The Balaban J connectivity index is 2.72. The second kappa shape index (κ2) is 6.51. The number of fused-ring (bicyclic) bond motifs is 1. The molecular formula is C16H16O6. The van der Waals surface area contributed by atoms with Crippen molar-refractivity contribution in [3.8, 4) is 0 Å². The van der Waals surface area contributed by atoms with Crippen LogP contribution in [-0.4, -0.2) is 33.7 Å². The number of carbonyl (C=O) groups excluding carboxylic acids is 2. The molecule has 0 atom stereocenters. The van der Waals surface area contributed by atoms with Crippen molar-refractivity contribution in [2.45, 2.75) is 38.5 Å². The average molecular weight is 304 g/mol. The molecule has 0 saturated carbocycles. The van der Waals surface area contributed by atoms with Crippen molar-refractivity contribution in [3.05, 3.63) is 34.4 Å². The van der Waals surface area contributed by atoms with Crippen LogP contribution in [0.2, 0.25) is 0 Å². The van der Waals surface area contributed by atoms with Gasteiger partial charge in [0.05, 0.1) is 11.1 Å². The number of Topliss-reactive ketones (excluding diaryl/α,β-unsaturated/α-hetero) is 2. The molecule has 0 amide bonds. The highest BCUT2D eigenvalue weighted by atomic mass is 16.4. The molecule has 0 fully saturated rings. The van der Waals surface area contributed by atoms with Gasteiger partial charge in [-0.25, -0.2) is 9.59 Å². The van der Waals surface area contributed by atoms with Crippen molar-refractivity contribution in [2.24, 2.45) is 0 Å². The van der Waals surface area contributed by atoms with Gasteiger partial charge in [0.15, 0.2) is 11.6 Å². The molecule has 1 aliphatic carbocycles. The summed E-state index contributed by atoms with van der Waals surface area (Å²) in [5, 5.41) is 18.5. The molecule has 0 aromatic heterocycles. The van der Waals surface area contributed by atoms with Crippen LogP contribution in [0.4, 0.5) is 0 Å². The number of ketones is 2. The van der Waals surface area contributed by atoms with Gasteiger partial charge in [-0.15, -0.1) is 0 Å². The Morgan fingerprint density at radius 2 is 1.41 bits per heavy atom. The third kappa shape index (κ3) is 3.05. The summed E-state index contributed by atoms with van der Waals surface area (Å²) >= 11 is 0. The van der Waals surface area contributed by atoms with E-state index in [9.17, 15) is 24.3 Å². The van der Waals surface area contributed by atoms with E-state index in [1.807, 2.05) is 0 Å². The van der Waals surface area contributed by atoms with Crippen LogP contribution in [0, 0.1) is 0 Å². The number of benzene rings is 1. The quantitative estimate of drug-likeness (QED) is 0.869. The summed E-state index contributed by atoms with van der Waals surface area (Å²) in [6.07, 6.45) is 3.25. The van der Waals surface area contributed by atoms with E-state index in [1.165, 1.54) is 6.07 Å². The molecule has 1 aromatic rings. The van der Waals surface area contributed by atoms with Gasteiger partial charge in [0.25, 0.3) is 0 Å². The molecule has 1 aromatic carbocycles. The van der Waals surface area contributed by atoms with Crippen molar-refractivity contribution < 1.29 is 29.4 Å². The minimum absolute atomic E-state index is 0.0225. The lowest BCUT2D eigenvalue weighted by Gasteiger charge is -2.15. The van der Waals surface area contributed by atoms with Crippen LogP contribution >= 0.6 is 0 Å². The Morgan fingerprint density at radius 3 is 1.95 bits per heavy atom. The lowest BCUT2D eigenvalue weighted by atomic mass is 9.87. The highest BCUT2D eigenvalue weighted by Crippen LogP contribution is 2.26. The smallest absolute Gasteiger partial charge is 0.337 e. The number of hydrogen-bond donors (Lipinski definition) is 2.